The van der Waals surface area contributed by atoms with Gasteiger partial charge in [-0.2, -0.15) is 0 Å². The normalized spacial score (nSPS) is 32.2. The highest BCUT2D eigenvalue weighted by atomic mass is 16.4. The number of nitrogens with zero attached hydrogens (tertiary/aromatic N) is 3. The average molecular weight is 393 g/mol. The zero-order valence-corrected chi connectivity index (χ0v) is 17.0. The molecule has 1 aliphatic heterocycles. The number of amides is 1. The van der Waals surface area contributed by atoms with Crippen LogP contribution < -0.4 is 5.32 Å². The molecule has 29 heavy (non-hydrogen) atoms. The first-order valence-electron chi connectivity index (χ1n) is 11.0. The number of likely N-dealkylation sites (tertiary alicyclic amines) is 1. The van der Waals surface area contributed by atoms with E-state index in [4.69, 9.17) is 4.42 Å². The van der Waals surface area contributed by atoms with E-state index in [-0.39, 0.29) is 17.4 Å². The maximum Gasteiger partial charge on any atom is 0.316 e. The predicted molar refractivity (Wildman–Crippen MR) is 109 cm³/mol. The molecule has 1 spiro atoms. The van der Waals surface area contributed by atoms with Crippen LogP contribution in [0, 0.1) is 5.41 Å². The molecule has 152 valence electrons. The van der Waals surface area contributed by atoms with E-state index in [1.54, 1.807) is 0 Å². The van der Waals surface area contributed by atoms with Gasteiger partial charge in [0.2, 0.25) is 11.8 Å². The van der Waals surface area contributed by atoms with Crippen molar-refractivity contribution < 1.29 is 9.21 Å². The molecule has 1 amide bonds. The Labute approximate surface area is 171 Å². The second-order valence-corrected chi connectivity index (χ2v) is 10.1. The van der Waals surface area contributed by atoms with E-state index < -0.39 is 0 Å². The topological polar surface area (TPSA) is 71.3 Å². The van der Waals surface area contributed by atoms with E-state index in [2.05, 4.69) is 45.8 Å². The summed E-state index contributed by atoms with van der Waals surface area (Å²) in [5.74, 6) is 0.861. The van der Waals surface area contributed by atoms with Crippen LogP contribution in [0.2, 0.25) is 0 Å². The fourth-order valence-electron chi connectivity index (χ4n) is 6.01. The minimum atomic E-state index is -0.347. The van der Waals surface area contributed by atoms with Crippen molar-refractivity contribution in [1.29, 1.82) is 0 Å². The number of aromatic nitrogens is 2. The van der Waals surface area contributed by atoms with Crippen LogP contribution in [0.5, 0.6) is 0 Å². The molecule has 2 bridgehead atoms. The molecule has 1 atom stereocenters. The Balaban J connectivity index is 1.07. The molecule has 7 rings (SSSR count). The quantitative estimate of drug-likeness (QED) is 0.841. The largest absolute Gasteiger partial charge is 0.408 e. The predicted octanol–water partition coefficient (Wildman–Crippen LogP) is 3.65. The minimum Gasteiger partial charge on any atom is -0.408 e. The number of rotatable bonds is 5. The average Bonchev–Trinajstić information content (AvgIpc) is 3.27. The Morgan fingerprint density at radius 3 is 2.38 bits per heavy atom. The number of benzene rings is 1. The van der Waals surface area contributed by atoms with Crippen LogP contribution in [0.4, 0.5) is 6.01 Å². The summed E-state index contributed by atoms with van der Waals surface area (Å²) in [7, 11) is 0. The molecule has 4 saturated carbocycles. The summed E-state index contributed by atoms with van der Waals surface area (Å²) in [5, 5.41) is 11.7. The zero-order valence-electron chi connectivity index (χ0n) is 17.0. The molecule has 6 heteroatoms. The van der Waals surface area contributed by atoms with Gasteiger partial charge < -0.3 is 14.6 Å². The van der Waals surface area contributed by atoms with Gasteiger partial charge in [-0.25, -0.2) is 0 Å². The van der Waals surface area contributed by atoms with Crippen molar-refractivity contribution in [2.45, 2.75) is 68.7 Å². The highest BCUT2D eigenvalue weighted by molar-refractivity contribution is 5.83. The van der Waals surface area contributed by atoms with E-state index in [1.165, 1.54) is 18.4 Å². The van der Waals surface area contributed by atoms with E-state index in [0.29, 0.717) is 16.8 Å². The van der Waals surface area contributed by atoms with Gasteiger partial charge in [-0.3, -0.25) is 4.79 Å². The van der Waals surface area contributed by atoms with Crippen molar-refractivity contribution in [1.82, 2.24) is 15.1 Å². The van der Waals surface area contributed by atoms with Crippen LogP contribution >= 0.6 is 0 Å². The summed E-state index contributed by atoms with van der Waals surface area (Å²) in [6.07, 6.45) is 8.24. The van der Waals surface area contributed by atoms with Crippen molar-refractivity contribution in [2.24, 2.45) is 5.41 Å². The monoisotopic (exact) mass is 392 g/mol. The molecule has 1 saturated heterocycles. The molecule has 5 fully saturated rings. The van der Waals surface area contributed by atoms with Crippen LogP contribution in [0.3, 0.4) is 0 Å². The Kier molecular flexibility index (Phi) is 3.52. The van der Waals surface area contributed by atoms with Crippen LogP contribution in [0.25, 0.3) is 0 Å². The molecule has 2 heterocycles. The standard InChI is InChI=1S/C23H28N4O2/c1-16(18(28)27-11-9-21(7-8-21)10-12-27)24-20-26-25-19(29-20)23-13-22(14-23,15-23)17-5-3-2-4-6-17/h2-6,16H,7-15H2,1H3,(H,24,26). The molecule has 1 N–H and O–H groups in total. The number of nitrogens with one attached hydrogen (secondary N) is 1. The Morgan fingerprint density at radius 2 is 1.72 bits per heavy atom. The first-order chi connectivity index (χ1) is 14.0. The van der Waals surface area contributed by atoms with Gasteiger partial charge in [0.05, 0.1) is 5.41 Å². The van der Waals surface area contributed by atoms with Gasteiger partial charge in [0.15, 0.2) is 0 Å². The van der Waals surface area contributed by atoms with Gasteiger partial charge >= 0.3 is 6.01 Å². The van der Waals surface area contributed by atoms with Crippen LogP contribution in [-0.4, -0.2) is 40.1 Å². The molecule has 4 aliphatic carbocycles. The molecule has 1 aromatic heterocycles. The Bertz CT molecular complexity index is 919. The molecule has 6 nitrogen and oxygen atoms in total. The first kappa shape index (κ1) is 17.5. The second kappa shape index (κ2) is 5.83. The zero-order chi connectivity index (χ0) is 19.7. The third-order valence-electron chi connectivity index (χ3n) is 8.10. The molecule has 5 aliphatic rings. The van der Waals surface area contributed by atoms with Crippen molar-refractivity contribution in [2.75, 3.05) is 18.4 Å². The highest BCUT2D eigenvalue weighted by Gasteiger charge is 2.71. The number of carbonyl (C=O) groups excluding carboxylic acids is 1. The second-order valence-electron chi connectivity index (χ2n) is 10.1. The van der Waals surface area contributed by atoms with Gasteiger partial charge in [0.1, 0.15) is 6.04 Å². The third-order valence-corrected chi connectivity index (χ3v) is 8.10. The van der Waals surface area contributed by atoms with Crippen molar-refractivity contribution >= 4 is 11.9 Å². The summed E-state index contributed by atoms with van der Waals surface area (Å²) in [6, 6.07) is 10.8. The summed E-state index contributed by atoms with van der Waals surface area (Å²) in [5.41, 5.74) is 2.35. The molecule has 1 aromatic carbocycles. The van der Waals surface area contributed by atoms with Crippen molar-refractivity contribution in [3.8, 4) is 0 Å². The minimum absolute atomic E-state index is 0.0431. The summed E-state index contributed by atoms with van der Waals surface area (Å²) in [4.78, 5) is 14.8. The lowest BCUT2D eigenvalue weighted by Gasteiger charge is -2.69. The summed E-state index contributed by atoms with van der Waals surface area (Å²) < 4.78 is 5.96. The maximum atomic E-state index is 12.8. The lowest BCUT2D eigenvalue weighted by Crippen LogP contribution is -2.67. The number of hydrogen-bond acceptors (Lipinski definition) is 5. The Hall–Kier alpha value is -2.37. The van der Waals surface area contributed by atoms with Gasteiger partial charge in [-0.15, -0.1) is 5.10 Å². The number of piperidine rings is 1. The molecule has 2 aromatic rings. The smallest absolute Gasteiger partial charge is 0.316 e. The van der Waals surface area contributed by atoms with E-state index >= 15 is 0 Å². The lowest BCUT2D eigenvalue weighted by molar-refractivity contribution is -0.133. The highest BCUT2D eigenvalue weighted by Crippen LogP contribution is 2.73. The van der Waals surface area contributed by atoms with Gasteiger partial charge in [-0.1, -0.05) is 35.4 Å². The Morgan fingerprint density at radius 1 is 1.03 bits per heavy atom. The van der Waals surface area contributed by atoms with Crippen LogP contribution in [-0.2, 0) is 15.6 Å². The molecular formula is C23H28N4O2. The number of carbonyl (C=O) groups is 1. The third kappa shape index (κ3) is 2.64. The summed E-state index contributed by atoms with van der Waals surface area (Å²) >= 11 is 0. The molecule has 0 radical (unpaired) electrons. The van der Waals surface area contributed by atoms with E-state index in [0.717, 1.165) is 51.1 Å². The molecule has 1 unspecified atom stereocenters. The SMILES string of the molecule is CC(Nc1nnc(C23CC(c4ccccc4)(C2)C3)o1)C(=O)N1CCC2(CC1)CC2. The molecular weight excluding hydrogens is 364 g/mol. The van der Waals surface area contributed by atoms with Crippen LogP contribution in [0.1, 0.15) is 63.3 Å². The summed E-state index contributed by atoms with van der Waals surface area (Å²) in [6.45, 7) is 3.65. The van der Waals surface area contributed by atoms with E-state index in [1.807, 2.05) is 11.8 Å². The lowest BCUT2D eigenvalue weighted by atomic mass is 9.33. The number of anilines is 1. The van der Waals surface area contributed by atoms with E-state index in [9.17, 15) is 4.79 Å². The maximum absolute atomic E-state index is 12.8. The van der Waals surface area contributed by atoms with Gasteiger partial charge in [-0.05, 0) is 68.3 Å². The van der Waals surface area contributed by atoms with Crippen LogP contribution in [0.15, 0.2) is 34.7 Å². The van der Waals surface area contributed by atoms with Gasteiger partial charge in [0.25, 0.3) is 0 Å². The fourth-order valence-corrected chi connectivity index (χ4v) is 6.01. The van der Waals surface area contributed by atoms with Gasteiger partial charge in [0, 0.05) is 13.1 Å². The van der Waals surface area contributed by atoms with Crippen molar-refractivity contribution in [3.63, 3.8) is 0 Å². The van der Waals surface area contributed by atoms with Crippen molar-refractivity contribution in [3.05, 3.63) is 41.8 Å². The fraction of sp³-hybridized carbons (Fsp3) is 0.609. The first-order valence-corrected chi connectivity index (χ1v) is 11.0. The number of hydrogen-bond donors (Lipinski definition) is 1.